The molecular weight excluding hydrogens is 408 g/mol. The Hall–Kier alpha value is -2.80. The summed E-state index contributed by atoms with van der Waals surface area (Å²) in [5.41, 5.74) is 2.21. The minimum Gasteiger partial charge on any atom is -0.497 e. The molecule has 6 nitrogen and oxygen atoms in total. The fourth-order valence-electron chi connectivity index (χ4n) is 3.03. The van der Waals surface area contributed by atoms with Gasteiger partial charge in [-0.2, -0.15) is 0 Å². The quantitative estimate of drug-likeness (QED) is 0.474. The van der Waals surface area contributed by atoms with E-state index in [0.29, 0.717) is 11.7 Å². The fourth-order valence-corrected chi connectivity index (χ4v) is 3.80. The molecule has 1 atom stereocenters. The van der Waals surface area contributed by atoms with Crippen LogP contribution in [-0.4, -0.2) is 39.6 Å². The number of amides is 1. The predicted octanol–water partition coefficient (Wildman–Crippen LogP) is 4.45. The zero-order valence-corrected chi connectivity index (χ0v) is 19.4. The van der Waals surface area contributed by atoms with Gasteiger partial charge in [0.1, 0.15) is 5.75 Å². The lowest BCUT2D eigenvalue weighted by molar-refractivity contribution is -0.119. The highest BCUT2D eigenvalue weighted by Gasteiger charge is 2.17. The third kappa shape index (κ3) is 6.34. The number of hydrogen-bond acceptors (Lipinski definition) is 5. The Morgan fingerprint density at radius 3 is 2.42 bits per heavy atom. The van der Waals surface area contributed by atoms with Crippen LogP contribution < -0.4 is 10.1 Å². The van der Waals surface area contributed by atoms with Crippen molar-refractivity contribution in [2.75, 3.05) is 12.9 Å². The maximum absolute atomic E-state index is 12.4. The fraction of sp³-hybridized carbons (Fsp3) is 0.375. The summed E-state index contributed by atoms with van der Waals surface area (Å²) in [6.07, 6.45) is 0.853. The smallest absolute Gasteiger partial charge is 0.230 e. The Balaban J connectivity index is 1.78. The van der Waals surface area contributed by atoms with Crippen LogP contribution in [0.25, 0.3) is 11.4 Å². The zero-order chi connectivity index (χ0) is 22.2. The van der Waals surface area contributed by atoms with Crippen molar-refractivity contribution >= 4 is 17.7 Å². The average molecular weight is 439 g/mol. The highest BCUT2D eigenvalue weighted by Crippen LogP contribution is 2.26. The molecule has 31 heavy (non-hydrogen) atoms. The third-order valence-corrected chi connectivity index (χ3v) is 6.22. The van der Waals surface area contributed by atoms with E-state index in [4.69, 9.17) is 4.74 Å². The van der Waals surface area contributed by atoms with E-state index >= 15 is 0 Å². The molecule has 1 unspecified atom stereocenters. The molecule has 0 saturated carbocycles. The second-order valence-electron chi connectivity index (χ2n) is 7.81. The molecule has 0 bridgehead atoms. The Kier molecular flexibility index (Phi) is 8.12. The number of thioether (sulfide) groups is 1. The summed E-state index contributed by atoms with van der Waals surface area (Å²) in [7, 11) is 1.65. The van der Waals surface area contributed by atoms with Crippen molar-refractivity contribution in [1.29, 1.82) is 0 Å². The third-order valence-electron chi connectivity index (χ3n) is 5.25. The molecule has 2 aromatic carbocycles. The van der Waals surface area contributed by atoms with E-state index in [1.165, 1.54) is 17.3 Å². The number of aromatic nitrogens is 3. The summed E-state index contributed by atoms with van der Waals surface area (Å²) in [6, 6.07) is 18.3. The lowest BCUT2D eigenvalue weighted by atomic mass is 10.1. The van der Waals surface area contributed by atoms with Crippen molar-refractivity contribution in [1.82, 2.24) is 20.1 Å². The number of carbonyl (C=O) groups is 1. The summed E-state index contributed by atoms with van der Waals surface area (Å²) >= 11 is 1.42. The van der Waals surface area contributed by atoms with Gasteiger partial charge in [0, 0.05) is 18.2 Å². The molecule has 3 aromatic rings. The first-order valence-electron chi connectivity index (χ1n) is 10.5. The Bertz CT molecular complexity index is 971. The minimum absolute atomic E-state index is 0.00908. The summed E-state index contributed by atoms with van der Waals surface area (Å²) in [5, 5.41) is 12.6. The van der Waals surface area contributed by atoms with Gasteiger partial charge in [0.25, 0.3) is 0 Å². The van der Waals surface area contributed by atoms with Crippen molar-refractivity contribution in [3.63, 3.8) is 0 Å². The molecule has 0 spiro atoms. The molecule has 1 amide bonds. The monoisotopic (exact) mass is 438 g/mol. The molecule has 0 aliphatic heterocycles. The van der Waals surface area contributed by atoms with Gasteiger partial charge >= 0.3 is 0 Å². The number of hydrogen-bond donors (Lipinski definition) is 1. The van der Waals surface area contributed by atoms with Crippen LogP contribution in [0.15, 0.2) is 59.8 Å². The first-order valence-corrected chi connectivity index (χ1v) is 11.5. The number of aryl methyl sites for hydroxylation is 1. The van der Waals surface area contributed by atoms with Gasteiger partial charge in [-0.15, -0.1) is 10.2 Å². The van der Waals surface area contributed by atoms with Gasteiger partial charge in [-0.1, -0.05) is 55.9 Å². The van der Waals surface area contributed by atoms with Crippen molar-refractivity contribution in [2.45, 2.75) is 44.9 Å². The van der Waals surface area contributed by atoms with Gasteiger partial charge in [-0.05, 0) is 49.1 Å². The normalized spacial score (nSPS) is 12.0. The van der Waals surface area contributed by atoms with Crippen molar-refractivity contribution < 1.29 is 9.53 Å². The molecule has 0 saturated heterocycles. The van der Waals surface area contributed by atoms with E-state index in [9.17, 15) is 4.79 Å². The molecule has 164 valence electrons. The molecule has 0 radical (unpaired) electrons. The average Bonchev–Trinajstić information content (AvgIpc) is 3.19. The van der Waals surface area contributed by atoms with Gasteiger partial charge in [0.2, 0.25) is 5.91 Å². The van der Waals surface area contributed by atoms with E-state index < -0.39 is 0 Å². The zero-order valence-electron chi connectivity index (χ0n) is 18.5. The standard InChI is InChI=1S/C24H30N4O2S/c1-17(2)18(3)25-22(29)16-31-24-27-26-23(20-10-12-21(30-4)13-11-20)28(24)15-14-19-8-6-5-7-9-19/h5-13,17-18H,14-16H2,1-4H3,(H,25,29). The molecule has 3 rings (SSSR count). The van der Waals surface area contributed by atoms with Crippen LogP contribution in [0, 0.1) is 5.92 Å². The van der Waals surface area contributed by atoms with E-state index in [-0.39, 0.29) is 11.9 Å². The van der Waals surface area contributed by atoms with Crippen LogP contribution in [0.4, 0.5) is 0 Å². The molecule has 0 fully saturated rings. The van der Waals surface area contributed by atoms with Crippen LogP contribution >= 0.6 is 11.8 Å². The van der Waals surface area contributed by atoms with Crippen molar-refractivity contribution in [3.8, 4) is 17.1 Å². The molecule has 1 N–H and O–H groups in total. The van der Waals surface area contributed by atoms with Crippen LogP contribution in [0.1, 0.15) is 26.3 Å². The topological polar surface area (TPSA) is 69.0 Å². The molecule has 0 aliphatic carbocycles. The summed E-state index contributed by atoms with van der Waals surface area (Å²) in [4.78, 5) is 12.4. The SMILES string of the molecule is COc1ccc(-c2nnc(SCC(=O)NC(C)C(C)C)n2CCc2ccccc2)cc1. The number of methoxy groups -OCH3 is 1. The van der Waals surface area contributed by atoms with E-state index in [1.807, 2.05) is 49.4 Å². The second-order valence-corrected chi connectivity index (χ2v) is 8.75. The molecule has 1 heterocycles. The van der Waals surface area contributed by atoms with Gasteiger partial charge in [0.15, 0.2) is 11.0 Å². The largest absolute Gasteiger partial charge is 0.497 e. The van der Waals surface area contributed by atoms with Gasteiger partial charge in [-0.25, -0.2) is 0 Å². The molecular formula is C24H30N4O2S. The van der Waals surface area contributed by atoms with Crippen LogP contribution in [0.3, 0.4) is 0 Å². The number of nitrogens with zero attached hydrogens (tertiary/aromatic N) is 3. The lowest BCUT2D eigenvalue weighted by Gasteiger charge is -2.17. The van der Waals surface area contributed by atoms with Gasteiger partial charge in [0.05, 0.1) is 12.9 Å². The van der Waals surface area contributed by atoms with E-state index in [1.54, 1.807) is 7.11 Å². The van der Waals surface area contributed by atoms with Crippen LogP contribution in [0.2, 0.25) is 0 Å². The van der Waals surface area contributed by atoms with E-state index in [0.717, 1.165) is 35.3 Å². The summed E-state index contributed by atoms with van der Waals surface area (Å²) in [5.74, 6) is 2.30. The van der Waals surface area contributed by atoms with E-state index in [2.05, 4.69) is 46.1 Å². The molecule has 0 aliphatic rings. The predicted molar refractivity (Wildman–Crippen MR) is 125 cm³/mol. The maximum Gasteiger partial charge on any atom is 0.230 e. The number of ether oxygens (including phenoxy) is 1. The lowest BCUT2D eigenvalue weighted by Crippen LogP contribution is -2.37. The van der Waals surface area contributed by atoms with Crippen molar-refractivity contribution in [3.05, 3.63) is 60.2 Å². The van der Waals surface area contributed by atoms with Crippen LogP contribution in [0.5, 0.6) is 5.75 Å². The summed E-state index contributed by atoms with van der Waals surface area (Å²) < 4.78 is 7.36. The maximum atomic E-state index is 12.4. The van der Waals surface area contributed by atoms with Crippen LogP contribution in [-0.2, 0) is 17.8 Å². The summed E-state index contributed by atoms with van der Waals surface area (Å²) in [6.45, 7) is 6.95. The number of nitrogens with one attached hydrogen (secondary N) is 1. The first kappa shape index (κ1) is 22.9. The van der Waals surface area contributed by atoms with Crippen molar-refractivity contribution in [2.24, 2.45) is 5.92 Å². The Morgan fingerprint density at radius 1 is 1.06 bits per heavy atom. The minimum atomic E-state index is 0.00908. The Labute approximate surface area is 188 Å². The van der Waals surface area contributed by atoms with Gasteiger partial charge < -0.3 is 14.6 Å². The first-order chi connectivity index (χ1) is 15.0. The number of benzene rings is 2. The Morgan fingerprint density at radius 2 is 1.77 bits per heavy atom. The number of carbonyl (C=O) groups excluding carboxylic acids is 1. The second kappa shape index (κ2) is 11.0. The highest BCUT2D eigenvalue weighted by atomic mass is 32.2. The number of rotatable bonds is 10. The molecule has 7 heteroatoms. The highest BCUT2D eigenvalue weighted by molar-refractivity contribution is 7.99. The van der Waals surface area contributed by atoms with Gasteiger partial charge in [-0.3, -0.25) is 4.79 Å². The molecule has 1 aromatic heterocycles.